The Morgan fingerprint density at radius 1 is 1.21 bits per heavy atom. The van der Waals surface area contributed by atoms with E-state index in [1.165, 1.54) is 5.56 Å². The number of nitrogens with zero attached hydrogens (tertiary/aromatic N) is 2. The molecule has 0 radical (unpaired) electrons. The summed E-state index contributed by atoms with van der Waals surface area (Å²) in [5.74, 6) is 0.616. The summed E-state index contributed by atoms with van der Waals surface area (Å²) in [5, 5.41) is 3.17. The van der Waals surface area contributed by atoms with Crippen molar-refractivity contribution in [3.63, 3.8) is 0 Å². The van der Waals surface area contributed by atoms with Gasteiger partial charge in [0, 0.05) is 31.5 Å². The van der Waals surface area contributed by atoms with E-state index in [0.717, 1.165) is 31.6 Å². The molecule has 1 aliphatic heterocycles. The highest BCUT2D eigenvalue weighted by atomic mass is 16.1. The molecular formula is C20H25N3O. The van der Waals surface area contributed by atoms with Gasteiger partial charge in [0.1, 0.15) is 0 Å². The smallest absolute Gasteiger partial charge is 0.224 e. The van der Waals surface area contributed by atoms with Crippen LogP contribution in [0.25, 0.3) is 0 Å². The van der Waals surface area contributed by atoms with Crippen LogP contribution in [-0.4, -0.2) is 34.9 Å². The molecule has 2 atom stereocenters. The third-order valence-electron chi connectivity index (χ3n) is 4.77. The number of hydrogen-bond donors (Lipinski definition) is 1. The molecule has 1 N–H and O–H groups in total. The molecule has 24 heavy (non-hydrogen) atoms. The Labute approximate surface area is 143 Å². The van der Waals surface area contributed by atoms with Gasteiger partial charge in [-0.05, 0) is 49.1 Å². The molecule has 1 aliphatic rings. The van der Waals surface area contributed by atoms with E-state index in [1.807, 2.05) is 12.1 Å². The molecule has 1 saturated heterocycles. The predicted octanol–water partition coefficient (Wildman–Crippen LogP) is 2.65. The molecule has 2 aromatic rings. The molecular weight excluding hydrogens is 298 g/mol. The monoisotopic (exact) mass is 323 g/mol. The second-order valence-corrected chi connectivity index (χ2v) is 6.66. The average molecular weight is 323 g/mol. The van der Waals surface area contributed by atoms with Crippen LogP contribution in [-0.2, 0) is 17.8 Å². The number of hydrogen-bond acceptors (Lipinski definition) is 3. The summed E-state index contributed by atoms with van der Waals surface area (Å²) in [7, 11) is 0. The van der Waals surface area contributed by atoms with E-state index in [-0.39, 0.29) is 11.9 Å². The van der Waals surface area contributed by atoms with Gasteiger partial charge in [-0.2, -0.15) is 0 Å². The van der Waals surface area contributed by atoms with Gasteiger partial charge in [0.25, 0.3) is 0 Å². The summed E-state index contributed by atoms with van der Waals surface area (Å²) in [5.41, 5.74) is 2.36. The molecule has 1 fully saturated rings. The van der Waals surface area contributed by atoms with Crippen molar-refractivity contribution in [2.45, 2.75) is 32.4 Å². The molecule has 126 valence electrons. The quantitative estimate of drug-likeness (QED) is 0.889. The Bertz CT molecular complexity index is 644. The standard InChI is InChI=1S/C20H25N3O/c1-16(22-20(24)13-17-7-10-21-11-8-17)19-9-12-23(15-19)14-18-5-3-2-4-6-18/h2-8,10-11,16,19H,9,12-15H2,1H3,(H,22,24). The minimum atomic E-state index is 0.0928. The highest BCUT2D eigenvalue weighted by Crippen LogP contribution is 2.21. The minimum absolute atomic E-state index is 0.0928. The Morgan fingerprint density at radius 2 is 1.96 bits per heavy atom. The fourth-order valence-electron chi connectivity index (χ4n) is 3.36. The van der Waals surface area contributed by atoms with E-state index in [0.29, 0.717) is 12.3 Å². The zero-order valence-electron chi connectivity index (χ0n) is 14.2. The van der Waals surface area contributed by atoms with Crippen molar-refractivity contribution in [1.29, 1.82) is 0 Å². The first-order chi connectivity index (χ1) is 11.7. The maximum Gasteiger partial charge on any atom is 0.224 e. The zero-order chi connectivity index (χ0) is 16.8. The zero-order valence-corrected chi connectivity index (χ0v) is 14.2. The summed E-state index contributed by atoms with van der Waals surface area (Å²) in [4.78, 5) is 18.7. The molecule has 0 aliphatic carbocycles. The predicted molar refractivity (Wildman–Crippen MR) is 95.4 cm³/mol. The van der Waals surface area contributed by atoms with Gasteiger partial charge in [-0.25, -0.2) is 0 Å². The Kier molecular flexibility index (Phi) is 5.59. The number of benzene rings is 1. The van der Waals surface area contributed by atoms with Crippen molar-refractivity contribution >= 4 is 5.91 Å². The maximum absolute atomic E-state index is 12.2. The van der Waals surface area contributed by atoms with E-state index in [2.05, 4.69) is 52.5 Å². The van der Waals surface area contributed by atoms with Crippen LogP contribution in [0.3, 0.4) is 0 Å². The molecule has 1 aromatic heterocycles. The van der Waals surface area contributed by atoms with Crippen LogP contribution in [0.4, 0.5) is 0 Å². The number of pyridine rings is 1. The fourth-order valence-corrected chi connectivity index (χ4v) is 3.36. The lowest BCUT2D eigenvalue weighted by Crippen LogP contribution is -2.40. The fraction of sp³-hybridized carbons (Fsp3) is 0.400. The van der Waals surface area contributed by atoms with Gasteiger partial charge in [0.2, 0.25) is 5.91 Å². The normalized spacial score (nSPS) is 19.1. The first kappa shape index (κ1) is 16.7. The van der Waals surface area contributed by atoms with Crippen molar-refractivity contribution in [1.82, 2.24) is 15.2 Å². The van der Waals surface area contributed by atoms with Crippen molar-refractivity contribution in [2.24, 2.45) is 5.92 Å². The van der Waals surface area contributed by atoms with E-state index in [1.54, 1.807) is 12.4 Å². The lowest BCUT2D eigenvalue weighted by Gasteiger charge is -2.22. The summed E-state index contributed by atoms with van der Waals surface area (Å²) < 4.78 is 0. The topological polar surface area (TPSA) is 45.2 Å². The van der Waals surface area contributed by atoms with E-state index in [4.69, 9.17) is 0 Å². The van der Waals surface area contributed by atoms with Crippen molar-refractivity contribution in [3.05, 3.63) is 66.0 Å². The van der Waals surface area contributed by atoms with Crippen molar-refractivity contribution in [2.75, 3.05) is 13.1 Å². The van der Waals surface area contributed by atoms with Crippen LogP contribution < -0.4 is 5.32 Å². The number of carbonyl (C=O) groups is 1. The molecule has 1 amide bonds. The molecule has 0 spiro atoms. The molecule has 4 heteroatoms. The lowest BCUT2D eigenvalue weighted by atomic mass is 10.0. The number of aromatic nitrogens is 1. The molecule has 3 rings (SSSR count). The molecule has 2 heterocycles. The van der Waals surface area contributed by atoms with Gasteiger partial charge in [0.15, 0.2) is 0 Å². The third kappa shape index (κ3) is 4.65. The van der Waals surface area contributed by atoms with Gasteiger partial charge in [-0.1, -0.05) is 30.3 Å². The van der Waals surface area contributed by atoms with Crippen molar-refractivity contribution in [3.8, 4) is 0 Å². The number of rotatable bonds is 6. The molecule has 4 nitrogen and oxygen atoms in total. The third-order valence-corrected chi connectivity index (χ3v) is 4.77. The second kappa shape index (κ2) is 8.06. The van der Waals surface area contributed by atoms with Gasteiger partial charge in [-0.3, -0.25) is 14.7 Å². The highest BCUT2D eigenvalue weighted by molar-refractivity contribution is 5.78. The summed E-state index contributed by atoms with van der Waals surface area (Å²) >= 11 is 0. The maximum atomic E-state index is 12.2. The highest BCUT2D eigenvalue weighted by Gasteiger charge is 2.27. The first-order valence-electron chi connectivity index (χ1n) is 8.65. The van der Waals surface area contributed by atoms with Crippen LogP contribution in [0.5, 0.6) is 0 Å². The van der Waals surface area contributed by atoms with Crippen LogP contribution >= 0.6 is 0 Å². The van der Waals surface area contributed by atoms with E-state index < -0.39 is 0 Å². The van der Waals surface area contributed by atoms with Crippen LogP contribution in [0.15, 0.2) is 54.9 Å². The van der Waals surface area contributed by atoms with Crippen LogP contribution in [0, 0.1) is 5.92 Å². The Morgan fingerprint density at radius 3 is 2.71 bits per heavy atom. The van der Waals surface area contributed by atoms with Crippen LogP contribution in [0.1, 0.15) is 24.5 Å². The number of likely N-dealkylation sites (tertiary alicyclic amines) is 1. The second-order valence-electron chi connectivity index (χ2n) is 6.66. The number of carbonyl (C=O) groups excluding carboxylic acids is 1. The van der Waals surface area contributed by atoms with Crippen LogP contribution in [0.2, 0.25) is 0 Å². The lowest BCUT2D eigenvalue weighted by molar-refractivity contribution is -0.121. The van der Waals surface area contributed by atoms with Gasteiger partial charge in [0.05, 0.1) is 6.42 Å². The Balaban J connectivity index is 1.46. The summed E-state index contributed by atoms with van der Waals surface area (Å²) in [6.07, 6.45) is 5.02. The largest absolute Gasteiger partial charge is 0.353 e. The number of nitrogens with one attached hydrogen (secondary N) is 1. The van der Waals surface area contributed by atoms with Gasteiger partial charge >= 0.3 is 0 Å². The first-order valence-corrected chi connectivity index (χ1v) is 8.65. The number of amides is 1. The van der Waals surface area contributed by atoms with Gasteiger partial charge in [-0.15, -0.1) is 0 Å². The Hall–Kier alpha value is -2.20. The summed E-state index contributed by atoms with van der Waals surface area (Å²) in [6.45, 7) is 5.27. The SMILES string of the molecule is CC(NC(=O)Cc1ccncc1)C1CCN(Cc2ccccc2)C1. The minimum Gasteiger partial charge on any atom is -0.353 e. The molecule has 0 bridgehead atoms. The van der Waals surface area contributed by atoms with E-state index >= 15 is 0 Å². The molecule has 1 aromatic carbocycles. The van der Waals surface area contributed by atoms with Gasteiger partial charge < -0.3 is 5.32 Å². The average Bonchev–Trinajstić information content (AvgIpc) is 3.05. The molecule has 2 unspecified atom stereocenters. The van der Waals surface area contributed by atoms with E-state index in [9.17, 15) is 4.79 Å². The summed E-state index contributed by atoms with van der Waals surface area (Å²) in [6, 6.07) is 14.6. The van der Waals surface area contributed by atoms with Crippen molar-refractivity contribution < 1.29 is 4.79 Å². The molecule has 0 saturated carbocycles.